The van der Waals surface area contributed by atoms with Gasteiger partial charge in [-0.2, -0.15) is 0 Å². The Labute approximate surface area is 176 Å². The maximum absolute atomic E-state index is 12.7. The standard InChI is InChI=1S/C21H27N3O2S.ClH/c1-2-22-14-17-9-11-24(12-10-17)21(26)18-7-5-16(6-8-18)15-23-20(25)19-4-3-13-27-19;/h3-8,13,17,22H,2,9-12,14-15H2,1H3,(H,23,25);1H. The Balaban J connectivity index is 0.00000280. The quantitative estimate of drug-likeness (QED) is 0.718. The van der Waals surface area contributed by atoms with E-state index in [1.54, 1.807) is 0 Å². The number of hydrogen-bond donors (Lipinski definition) is 2. The van der Waals surface area contributed by atoms with Crippen LogP contribution < -0.4 is 10.6 Å². The Bertz CT molecular complexity index is 742. The highest BCUT2D eigenvalue weighted by Gasteiger charge is 2.23. The number of carbonyl (C=O) groups is 2. The van der Waals surface area contributed by atoms with Crippen LogP contribution in [-0.4, -0.2) is 42.9 Å². The maximum Gasteiger partial charge on any atom is 0.261 e. The van der Waals surface area contributed by atoms with Crippen molar-refractivity contribution < 1.29 is 9.59 Å². The van der Waals surface area contributed by atoms with Gasteiger partial charge in [-0.05, 0) is 61.0 Å². The lowest BCUT2D eigenvalue weighted by atomic mass is 9.96. The summed E-state index contributed by atoms with van der Waals surface area (Å²) < 4.78 is 0. The van der Waals surface area contributed by atoms with E-state index in [0.29, 0.717) is 22.9 Å². The Kier molecular flexibility index (Phi) is 8.96. The number of benzene rings is 1. The van der Waals surface area contributed by atoms with Crippen LogP contribution in [0, 0.1) is 5.92 Å². The van der Waals surface area contributed by atoms with Gasteiger partial charge < -0.3 is 15.5 Å². The molecule has 0 saturated carbocycles. The fraction of sp³-hybridized carbons (Fsp3) is 0.429. The lowest BCUT2D eigenvalue weighted by Crippen LogP contribution is -2.40. The molecular weight excluding hydrogens is 394 g/mol. The molecule has 0 aliphatic carbocycles. The first kappa shape index (κ1) is 22.4. The maximum atomic E-state index is 12.7. The van der Waals surface area contributed by atoms with Crippen molar-refractivity contribution >= 4 is 35.6 Å². The van der Waals surface area contributed by atoms with E-state index in [2.05, 4.69) is 17.6 Å². The molecule has 1 saturated heterocycles. The van der Waals surface area contributed by atoms with E-state index >= 15 is 0 Å². The van der Waals surface area contributed by atoms with Crippen LogP contribution in [0.3, 0.4) is 0 Å². The fourth-order valence-electron chi connectivity index (χ4n) is 3.31. The molecule has 28 heavy (non-hydrogen) atoms. The molecule has 152 valence electrons. The Morgan fingerprint density at radius 1 is 1.14 bits per heavy atom. The molecule has 2 N–H and O–H groups in total. The average molecular weight is 422 g/mol. The number of likely N-dealkylation sites (tertiary alicyclic amines) is 1. The normalized spacial score (nSPS) is 14.4. The Hall–Kier alpha value is -1.89. The van der Waals surface area contributed by atoms with Crippen molar-refractivity contribution in [2.24, 2.45) is 5.92 Å². The van der Waals surface area contributed by atoms with Crippen molar-refractivity contribution in [1.29, 1.82) is 0 Å². The van der Waals surface area contributed by atoms with Gasteiger partial charge in [-0.25, -0.2) is 0 Å². The zero-order valence-corrected chi connectivity index (χ0v) is 17.8. The van der Waals surface area contributed by atoms with Gasteiger partial charge in [0.15, 0.2) is 0 Å². The minimum atomic E-state index is -0.0643. The van der Waals surface area contributed by atoms with E-state index in [4.69, 9.17) is 0 Å². The molecule has 5 nitrogen and oxygen atoms in total. The first-order valence-corrected chi connectivity index (χ1v) is 10.5. The largest absolute Gasteiger partial charge is 0.347 e. The molecule has 3 rings (SSSR count). The molecule has 1 aromatic heterocycles. The molecule has 1 fully saturated rings. The summed E-state index contributed by atoms with van der Waals surface area (Å²) in [4.78, 5) is 27.3. The van der Waals surface area contributed by atoms with Gasteiger partial charge in [0, 0.05) is 25.2 Å². The van der Waals surface area contributed by atoms with Crippen molar-refractivity contribution in [3.8, 4) is 0 Å². The van der Waals surface area contributed by atoms with Crippen LogP contribution in [-0.2, 0) is 6.54 Å². The minimum Gasteiger partial charge on any atom is -0.347 e. The summed E-state index contributed by atoms with van der Waals surface area (Å²) in [5.74, 6) is 0.708. The zero-order valence-electron chi connectivity index (χ0n) is 16.1. The van der Waals surface area contributed by atoms with Gasteiger partial charge in [-0.1, -0.05) is 25.1 Å². The highest BCUT2D eigenvalue weighted by Crippen LogP contribution is 2.19. The van der Waals surface area contributed by atoms with E-state index in [-0.39, 0.29) is 24.2 Å². The molecule has 0 bridgehead atoms. The van der Waals surface area contributed by atoms with Crippen LogP contribution in [0.25, 0.3) is 0 Å². The van der Waals surface area contributed by atoms with Crippen molar-refractivity contribution in [2.45, 2.75) is 26.3 Å². The molecule has 0 spiro atoms. The lowest BCUT2D eigenvalue weighted by Gasteiger charge is -2.32. The summed E-state index contributed by atoms with van der Waals surface area (Å²) in [6, 6.07) is 11.2. The van der Waals surface area contributed by atoms with Crippen LogP contribution in [0.4, 0.5) is 0 Å². The first-order valence-electron chi connectivity index (χ1n) is 9.58. The third kappa shape index (κ3) is 6.06. The second-order valence-corrected chi connectivity index (χ2v) is 7.85. The van der Waals surface area contributed by atoms with Gasteiger partial charge in [0.2, 0.25) is 0 Å². The summed E-state index contributed by atoms with van der Waals surface area (Å²) in [7, 11) is 0. The highest BCUT2D eigenvalue weighted by molar-refractivity contribution is 7.12. The van der Waals surface area contributed by atoms with Crippen LogP contribution in [0.2, 0.25) is 0 Å². The van der Waals surface area contributed by atoms with Crippen molar-refractivity contribution in [3.63, 3.8) is 0 Å². The van der Waals surface area contributed by atoms with Gasteiger partial charge in [-0.15, -0.1) is 23.7 Å². The molecule has 2 aromatic rings. The number of nitrogens with one attached hydrogen (secondary N) is 2. The number of hydrogen-bond acceptors (Lipinski definition) is 4. The number of thiophene rings is 1. The Morgan fingerprint density at radius 3 is 2.46 bits per heavy atom. The molecule has 2 heterocycles. The van der Waals surface area contributed by atoms with E-state index < -0.39 is 0 Å². The molecule has 0 unspecified atom stereocenters. The number of nitrogens with zero attached hydrogens (tertiary/aromatic N) is 1. The van der Waals surface area contributed by atoms with Gasteiger partial charge in [0.1, 0.15) is 0 Å². The molecule has 0 radical (unpaired) electrons. The molecule has 1 aliphatic heterocycles. The van der Waals surface area contributed by atoms with Crippen LogP contribution >= 0.6 is 23.7 Å². The summed E-state index contributed by atoms with van der Waals surface area (Å²) >= 11 is 1.43. The van der Waals surface area contributed by atoms with E-state index in [1.807, 2.05) is 46.7 Å². The molecular formula is C21H28ClN3O2S. The third-order valence-electron chi connectivity index (χ3n) is 4.98. The number of piperidine rings is 1. The Morgan fingerprint density at radius 2 is 1.86 bits per heavy atom. The summed E-state index contributed by atoms with van der Waals surface area (Å²) in [6.45, 7) is 6.28. The molecule has 2 amide bonds. The van der Waals surface area contributed by atoms with Gasteiger partial charge >= 0.3 is 0 Å². The van der Waals surface area contributed by atoms with E-state index in [9.17, 15) is 9.59 Å². The second-order valence-electron chi connectivity index (χ2n) is 6.90. The lowest BCUT2D eigenvalue weighted by molar-refractivity contribution is 0.0690. The monoisotopic (exact) mass is 421 g/mol. The molecule has 0 atom stereocenters. The minimum absolute atomic E-state index is 0. The second kappa shape index (κ2) is 11.2. The van der Waals surface area contributed by atoms with Gasteiger partial charge in [0.25, 0.3) is 11.8 Å². The summed E-state index contributed by atoms with van der Waals surface area (Å²) in [6.07, 6.45) is 2.12. The summed E-state index contributed by atoms with van der Waals surface area (Å²) in [5, 5.41) is 8.19. The predicted molar refractivity (Wildman–Crippen MR) is 116 cm³/mol. The first-order chi connectivity index (χ1) is 13.2. The SMILES string of the molecule is CCNCC1CCN(C(=O)c2ccc(CNC(=O)c3cccs3)cc2)CC1.Cl. The highest BCUT2D eigenvalue weighted by atomic mass is 35.5. The molecule has 1 aromatic carbocycles. The number of carbonyl (C=O) groups excluding carboxylic acids is 2. The van der Waals surface area contributed by atoms with Gasteiger partial charge in [-0.3, -0.25) is 9.59 Å². The smallest absolute Gasteiger partial charge is 0.261 e. The van der Waals surface area contributed by atoms with Crippen molar-refractivity contribution in [1.82, 2.24) is 15.5 Å². The van der Waals surface area contributed by atoms with Crippen LogP contribution in [0.5, 0.6) is 0 Å². The number of rotatable bonds is 7. The average Bonchev–Trinajstić information content (AvgIpc) is 3.26. The van der Waals surface area contributed by atoms with E-state index in [1.165, 1.54) is 11.3 Å². The van der Waals surface area contributed by atoms with Crippen molar-refractivity contribution in [3.05, 3.63) is 57.8 Å². The number of amides is 2. The molecule has 7 heteroatoms. The van der Waals surface area contributed by atoms with Crippen LogP contribution in [0.15, 0.2) is 41.8 Å². The zero-order chi connectivity index (χ0) is 19.1. The predicted octanol–water partition coefficient (Wildman–Crippen LogP) is 3.56. The van der Waals surface area contributed by atoms with Crippen molar-refractivity contribution in [2.75, 3.05) is 26.2 Å². The topological polar surface area (TPSA) is 61.4 Å². The van der Waals surface area contributed by atoms with Gasteiger partial charge in [0.05, 0.1) is 4.88 Å². The molecule has 1 aliphatic rings. The summed E-state index contributed by atoms with van der Waals surface area (Å²) in [5.41, 5.74) is 1.70. The number of halogens is 1. The van der Waals surface area contributed by atoms with Crippen LogP contribution in [0.1, 0.15) is 45.4 Å². The fourth-order valence-corrected chi connectivity index (χ4v) is 3.95. The third-order valence-corrected chi connectivity index (χ3v) is 5.85. The van der Waals surface area contributed by atoms with E-state index in [0.717, 1.165) is 44.6 Å².